The van der Waals surface area contributed by atoms with Gasteiger partial charge < -0.3 is 10.5 Å². The number of rotatable bonds is 4. The maximum absolute atomic E-state index is 12.3. The zero-order chi connectivity index (χ0) is 13.2. The Morgan fingerprint density at radius 2 is 2.17 bits per heavy atom. The van der Waals surface area contributed by atoms with Gasteiger partial charge in [0.05, 0.1) is 11.8 Å². The molecule has 0 aliphatic carbocycles. The molecule has 1 heterocycles. The number of nitrogen functional groups attached to an aromatic ring is 1. The summed E-state index contributed by atoms with van der Waals surface area (Å²) in [6, 6.07) is 6.50. The van der Waals surface area contributed by atoms with E-state index in [1.54, 1.807) is 25.2 Å². The highest BCUT2D eigenvalue weighted by molar-refractivity contribution is 7.89. The maximum atomic E-state index is 12.3. The van der Waals surface area contributed by atoms with Gasteiger partial charge in [-0.3, -0.25) is 0 Å². The van der Waals surface area contributed by atoms with E-state index in [-0.39, 0.29) is 16.7 Å². The Bertz CT molecular complexity index is 510. The highest BCUT2D eigenvalue weighted by Crippen LogP contribution is 2.22. The normalized spacial score (nSPS) is 20.4. The first kappa shape index (κ1) is 13.3. The fourth-order valence-corrected chi connectivity index (χ4v) is 3.37. The van der Waals surface area contributed by atoms with Crippen molar-refractivity contribution in [2.45, 2.75) is 23.8 Å². The van der Waals surface area contributed by atoms with Crippen LogP contribution in [0, 0.1) is 0 Å². The summed E-state index contributed by atoms with van der Waals surface area (Å²) in [5.41, 5.74) is 5.99. The largest absolute Gasteiger partial charge is 0.398 e. The van der Waals surface area contributed by atoms with Crippen molar-refractivity contribution >= 4 is 15.7 Å². The lowest BCUT2D eigenvalue weighted by molar-refractivity contribution is 0.0979. The second kappa shape index (κ2) is 5.26. The third kappa shape index (κ3) is 2.66. The van der Waals surface area contributed by atoms with Crippen molar-refractivity contribution in [1.82, 2.24) is 4.31 Å². The second-order valence-corrected chi connectivity index (χ2v) is 6.47. The molecule has 1 unspecified atom stereocenters. The number of hydrogen-bond acceptors (Lipinski definition) is 4. The number of benzene rings is 1. The lowest BCUT2D eigenvalue weighted by Gasteiger charge is -2.21. The van der Waals surface area contributed by atoms with Crippen molar-refractivity contribution in [3.8, 4) is 0 Å². The Balaban J connectivity index is 2.17. The van der Waals surface area contributed by atoms with Crippen LogP contribution in [0.1, 0.15) is 12.8 Å². The molecule has 1 atom stereocenters. The molecule has 6 heteroatoms. The van der Waals surface area contributed by atoms with Gasteiger partial charge in [0.2, 0.25) is 10.0 Å². The molecule has 1 aromatic carbocycles. The summed E-state index contributed by atoms with van der Waals surface area (Å²) in [6.45, 7) is 1.09. The number of nitrogens with two attached hydrogens (primary N) is 1. The van der Waals surface area contributed by atoms with E-state index in [0.29, 0.717) is 13.2 Å². The molecular formula is C12H18N2O3S. The Morgan fingerprint density at radius 3 is 2.78 bits per heavy atom. The summed E-state index contributed by atoms with van der Waals surface area (Å²) < 4.78 is 31.4. The van der Waals surface area contributed by atoms with Crippen LogP contribution in [-0.2, 0) is 14.8 Å². The minimum Gasteiger partial charge on any atom is -0.398 e. The van der Waals surface area contributed by atoms with Crippen molar-refractivity contribution in [3.05, 3.63) is 24.3 Å². The number of anilines is 1. The monoisotopic (exact) mass is 270 g/mol. The van der Waals surface area contributed by atoms with Gasteiger partial charge in [-0.25, -0.2) is 8.42 Å². The van der Waals surface area contributed by atoms with Crippen LogP contribution in [0.2, 0.25) is 0 Å². The summed E-state index contributed by atoms with van der Waals surface area (Å²) in [5.74, 6) is 0. The third-order valence-corrected chi connectivity index (χ3v) is 4.99. The number of ether oxygens (including phenoxy) is 1. The van der Waals surface area contributed by atoms with Gasteiger partial charge in [0.1, 0.15) is 4.90 Å². The zero-order valence-electron chi connectivity index (χ0n) is 10.4. The van der Waals surface area contributed by atoms with Crippen LogP contribution >= 0.6 is 0 Å². The quantitative estimate of drug-likeness (QED) is 0.831. The molecule has 5 nitrogen and oxygen atoms in total. The molecule has 1 fully saturated rings. The Labute approximate surface area is 108 Å². The molecule has 0 radical (unpaired) electrons. The van der Waals surface area contributed by atoms with E-state index in [0.717, 1.165) is 12.8 Å². The van der Waals surface area contributed by atoms with Crippen LogP contribution in [0.4, 0.5) is 5.69 Å². The molecule has 0 saturated carbocycles. The molecule has 0 amide bonds. The predicted molar refractivity (Wildman–Crippen MR) is 69.6 cm³/mol. The van der Waals surface area contributed by atoms with Crippen LogP contribution in [0.3, 0.4) is 0 Å². The van der Waals surface area contributed by atoms with Crippen LogP contribution in [-0.4, -0.2) is 39.0 Å². The first-order chi connectivity index (χ1) is 8.51. The zero-order valence-corrected chi connectivity index (χ0v) is 11.2. The highest BCUT2D eigenvalue weighted by Gasteiger charge is 2.27. The number of para-hydroxylation sites is 1. The molecular weight excluding hydrogens is 252 g/mol. The minimum atomic E-state index is -3.53. The van der Waals surface area contributed by atoms with E-state index in [4.69, 9.17) is 10.5 Å². The Hall–Kier alpha value is -1.11. The Kier molecular flexibility index (Phi) is 3.89. The van der Waals surface area contributed by atoms with Crippen molar-refractivity contribution in [1.29, 1.82) is 0 Å². The first-order valence-corrected chi connectivity index (χ1v) is 7.38. The molecule has 0 aromatic heterocycles. The van der Waals surface area contributed by atoms with E-state index in [1.165, 1.54) is 10.4 Å². The second-order valence-electron chi connectivity index (χ2n) is 4.46. The molecule has 1 aromatic rings. The number of hydrogen-bond donors (Lipinski definition) is 1. The van der Waals surface area contributed by atoms with Crippen LogP contribution in [0.15, 0.2) is 29.2 Å². The van der Waals surface area contributed by atoms with E-state index in [9.17, 15) is 8.42 Å². The number of sulfonamides is 1. The molecule has 1 aliphatic rings. The third-order valence-electron chi connectivity index (χ3n) is 3.09. The lowest BCUT2D eigenvalue weighted by atomic mass is 10.2. The number of nitrogens with zero attached hydrogens (tertiary/aromatic N) is 1. The molecule has 2 rings (SSSR count). The summed E-state index contributed by atoms with van der Waals surface area (Å²) in [4.78, 5) is 0.158. The molecule has 0 bridgehead atoms. The standard InChI is InChI=1S/C12H18N2O3S/c1-14(9-10-5-4-8-17-10)18(15,16)12-7-3-2-6-11(12)13/h2-3,6-7,10H,4-5,8-9,13H2,1H3. The number of likely N-dealkylation sites (N-methyl/N-ethyl adjacent to an activating group) is 1. The van der Waals surface area contributed by atoms with Gasteiger partial charge in [0.25, 0.3) is 0 Å². The van der Waals surface area contributed by atoms with Crippen LogP contribution < -0.4 is 5.73 Å². The summed E-state index contributed by atoms with van der Waals surface area (Å²) in [6.07, 6.45) is 1.89. The summed E-state index contributed by atoms with van der Waals surface area (Å²) in [7, 11) is -1.97. The smallest absolute Gasteiger partial charge is 0.244 e. The van der Waals surface area contributed by atoms with Gasteiger partial charge in [-0.15, -0.1) is 0 Å². The molecule has 0 spiro atoms. The topological polar surface area (TPSA) is 72.6 Å². The van der Waals surface area contributed by atoms with Gasteiger partial charge in [-0.05, 0) is 25.0 Å². The lowest BCUT2D eigenvalue weighted by Crippen LogP contribution is -2.34. The molecule has 18 heavy (non-hydrogen) atoms. The van der Waals surface area contributed by atoms with Crippen molar-refractivity contribution in [3.63, 3.8) is 0 Å². The van der Waals surface area contributed by atoms with Gasteiger partial charge >= 0.3 is 0 Å². The average molecular weight is 270 g/mol. The summed E-state index contributed by atoms with van der Waals surface area (Å²) >= 11 is 0. The van der Waals surface area contributed by atoms with Gasteiger partial charge in [-0.2, -0.15) is 4.31 Å². The van der Waals surface area contributed by atoms with Gasteiger partial charge in [-0.1, -0.05) is 12.1 Å². The van der Waals surface area contributed by atoms with Gasteiger partial charge in [0, 0.05) is 20.2 Å². The van der Waals surface area contributed by atoms with Crippen molar-refractivity contribution in [2.24, 2.45) is 0 Å². The van der Waals surface area contributed by atoms with E-state index >= 15 is 0 Å². The molecule has 100 valence electrons. The SMILES string of the molecule is CN(CC1CCCO1)S(=O)(=O)c1ccccc1N. The van der Waals surface area contributed by atoms with Crippen molar-refractivity contribution in [2.75, 3.05) is 25.9 Å². The van der Waals surface area contributed by atoms with Gasteiger partial charge in [0.15, 0.2) is 0 Å². The van der Waals surface area contributed by atoms with Crippen LogP contribution in [0.25, 0.3) is 0 Å². The van der Waals surface area contributed by atoms with E-state index in [2.05, 4.69) is 0 Å². The van der Waals surface area contributed by atoms with E-state index < -0.39 is 10.0 Å². The molecule has 2 N–H and O–H groups in total. The van der Waals surface area contributed by atoms with E-state index in [1.807, 2.05) is 0 Å². The predicted octanol–water partition coefficient (Wildman–Crippen LogP) is 1.07. The first-order valence-electron chi connectivity index (χ1n) is 5.94. The summed E-state index contributed by atoms with van der Waals surface area (Å²) in [5, 5.41) is 0. The average Bonchev–Trinajstić information content (AvgIpc) is 2.82. The maximum Gasteiger partial charge on any atom is 0.244 e. The minimum absolute atomic E-state index is 0.00490. The fourth-order valence-electron chi connectivity index (χ4n) is 2.06. The van der Waals surface area contributed by atoms with Crippen molar-refractivity contribution < 1.29 is 13.2 Å². The molecule has 1 saturated heterocycles. The fraction of sp³-hybridized carbons (Fsp3) is 0.500. The highest BCUT2D eigenvalue weighted by atomic mass is 32.2. The molecule has 1 aliphatic heterocycles. The Morgan fingerprint density at radius 1 is 1.44 bits per heavy atom. The van der Waals surface area contributed by atoms with Crippen LogP contribution in [0.5, 0.6) is 0 Å².